The Labute approximate surface area is 88.7 Å². The van der Waals surface area contributed by atoms with Gasteiger partial charge < -0.3 is 10.5 Å². The summed E-state index contributed by atoms with van der Waals surface area (Å²) in [5.74, 6) is 0. The van der Waals surface area contributed by atoms with E-state index in [4.69, 9.17) is 10.5 Å². The lowest BCUT2D eigenvalue weighted by Gasteiger charge is -2.23. The number of hydrogen-bond donors (Lipinski definition) is 1. The molecule has 0 saturated heterocycles. The van der Waals surface area contributed by atoms with E-state index >= 15 is 0 Å². The highest BCUT2D eigenvalue weighted by Gasteiger charge is 2.18. The van der Waals surface area contributed by atoms with Crippen LogP contribution in [0.1, 0.15) is 17.2 Å². The second-order valence-electron chi connectivity index (χ2n) is 3.98. The molecule has 15 heavy (non-hydrogen) atoms. The van der Waals surface area contributed by atoms with Crippen LogP contribution < -0.4 is 5.73 Å². The largest absolute Gasteiger partial charge is 0.375 e. The van der Waals surface area contributed by atoms with Gasteiger partial charge in [-0.15, -0.1) is 0 Å². The molecule has 2 aromatic rings. The van der Waals surface area contributed by atoms with Crippen molar-refractivity contribution in [2.45, 2.75) is 12.6 Å². The van der Waals surface area contributed by atoms with Gasteiger partial charge in [0.05, 0.1) is 19.3 Å². The molecular formula is C13H13NO. The third kappa shape index (κ3) is 1.34. The molecule has 0 aliphatic carbocycles. The van der Waals surface area contributed by atoms with E-state index in [0.29, 0.717) is 13.2 Å². The minimum atomic E-state index is 0.0263. The summed E-state index contributed by atoms with van der Waals surface area (Å²) < 4.78 is 5.49. The van der Waals surface area contributed by atoms with E-state index < -0.39 is 0 Å². The van der Waals surface area contributed by atoms with Crippen LogP contribution in [0.25, 0.3) is 10.8 Å². The maximum absolute atomic E-state index is 6.01. The van der Waals surface area contributed by atoms with Crippen LogP contribution in [0.3, 0.4) is 0 Å². The predicted octanol–water partition coefficient (Wildman–Crippen LogP) is 2.37. The van der Waals surface area contributed by atoms with Gasteiger partial charge in [-0.05, 0) is 21.9 Å². The molecule has 2 nitrogen and oxygen atoms in total. The van der Waals surface area contributed by atoms with Crippen molar-refractivity contribution < 1.29 is 4.74 Å². The highest BCUT2D eigenvalue weighted by molar-refractivity contribution is 5.87. The molecule has 0 fully saturated rings. The first-order chi connectivity index (χ1) is 7.36. The third-order valence-electron chi connectivity index (χ3n) is 3.02. The molecule has 0 spiro atoms. The van der Waals surface area contributed by atoms with Gasteiger partial charge >= 0.3 is 0 Å². The van der Waals surface area contributed by atoms with Gasteiger partial charge in [-0.3, -0.25) is 0 Å². The molecule has 1 unspecified atom stereocenters. The van der Waals surface area contributed by atoms with Crippen LogP contribution in [0.15, 0.2) is 36.4 Å². The van der Waals surface area contributed by atoms with Crippen molar-refractivity contribution in [2.75, 3.05) is 6.61 Å². The van der Waals surface area contributed by atoms with Crippen molar-refractivity contribution in [1.82, 2.24) is 0 Å². The summed E-state index contributed by atoms with van der Waals surface area (Å²) in [6.45, 7) is 1.32. The van der Waals surface area contributed by atoms with E-state index in [-0.39, 0.29) is 6.04 Å². The van der Waals surface area contributed by atoms with Crippen molar-refractivity contribution in [3.8, 4) is 0 Å². The molecule has 2 N–H and O–H groups in total. The van der Waals surface area contributed by atoms with E-state index in [1.807, 2.05) is 0 Å². The summed E-state index contributed by atoms with van der Waals surface area (Å²) in [4.78, 5) is 0. The van der Waals surface area contributed by atoms with Gasteiger partial charge in [-0.1, -0.05) is 36.4 Å². The number of nitrogens with two attached hydrogens (primary N) is 1. The second-order valence-corrected chi connectivity index (χ2v) is 3.98. The predicted molar refractivity (Wildman–Crippen MR) is 60.5 cm³/mol. The monoisotopic (exact) mass is 199 g/mol. The molecule has 2 heteroatoms. The molecular weight excluding hydrogens is 186 g/mol. The van der Waals surface area contributed by atoms with E-state index in [9.17, 15) is 0 Å². The Bertz CT molecular complexity index is 507. The Morgan fingerprint density at radius 1 is 1.13 bits per heavy atom. The lowest BCUT2D eigenvalue weighted by Crippen LogP contribution is -2.23. The lowest BCUT2D eigenvalue weighted by molar-refractivity contribution is 0.0935. The zero-order valence-electron chi connectivity index (χ0n) is 8.44. The fourth-order valence-electron chi connectivity index (χ4n) is 2.24. The average molecular weight is 199 g/mol. The average Bonchev–Trinajstić information content (AvgIpc) is 2.29. The SMILES string of the molecule is NC1COCc2c1ccc1ccccc21. The highest BCUT2D eigenvalue weighted by Crippen LogP contribution is 2.29. The molecule has 2 aromatic carbocycles. The van der Waals surface area contributed by atoms with Gasteiger partial charge in [0, 0.05) is 0 Å². The molecule has 1 atom stereocenters. The summed E-state index contributed by atoms with van der Waals surface area (Å²) in [6, 6.07) is 12.7. The molecule has 1 heterocycles. The number of fused-ring (bicyclic) bond motifs is 3. The van der Waals surface area contributed by atoms with Crippen LogP contribution in [-0.4, -0.2) is 6.61 Å². The van der Waals surface area contributed by atoms with Crippen LogP contribution in [0.4, 0.5) is 0 Å². The number of ether oxygens (including phenoxy) is 1. The first-order valence-corrected chi connectivity index (χ1v) is 5.20. The van der Waals surface area contributed by atoms with E-state index in [2.05, 4.69) is 36.4 Å². The standard InChI is InChI=1S/C13H13NO/c14-13-8-15-7-12-10-4-2-1-3-9(10)5-6-11(12)13/h1-6,13H,7-8,14H2. The van der Waals surface area contributed by atoms with Crippen LogP contribution in [0, 0.1) is 0 Å². The fourth-order valence-corrected chi connectivity index (χ4v) is 2.24. The van der Waals surface area contributed by atoms with E-state index in [0.717, 1.165) is 0 Å². The van der Waals surface area contributed by atoms with Crippen molar-refractivity contribution in [3.63, 3.8) is 0 Å². The smallest absolute Gasteiger partial charge is 0.0727 e. The summed E-state index contributed by atoms with van der Waals surface area (Å²) in [5.41, 5.74) is 8.50. The molecule has 1 aliphatic heterocycles. The zero-order valence-corrected chi connectivity index (χ0v) is 8.44. The second kappa shape index (κ2) is 3.33. The van der Waals surface area contributed by atoms with Crippen LogP contribution >= 0.6 is 0 Å². The first kappa shape index (κ1) is 8.89. The summed E-state index contributed by atoms with van der Waals surface area (Å²) in [6.07, 6.45) is 0. The third-order valence-corrected chi connectivity index (χ3v) is 3.02. The van der Waals surface area contributed by atoms with Crippen molar-refractivity contribution in [1.29, 1.82) is 0 Å². The normalized spacial score (nSPS) is 20.2. The van der Waals surface area contributed by atoms with Crippen molar-refractivity contribution in [3.05, 3.63) is 47.5 Å². The Morgan fingerprint density at radius 2 is 2.00 bits per heavy atom. The molecule has 1 aliphatic rings. The van der Waals surface area contributed by atoms with Gasteiger partial charge in [0.1, 0.15) is 0 Å². The van der Waals surface area contributed by atoms with Crippen molar-refractivity contribution >= 4 is 10.8 Å². The summed E-state index contributed by atoms with van der Waals surface area (Å²) in [7, 11) is 0. The van der Waals surface area contributed by atoms with E-state index in [1.54, 1.807) is 0 Å². The van der Waals surface area contributed by atoms with Crippen LogP contribution in [-0.2, 0) is 11.3 Å². The minimum Gasteiger partial charge on any atom is -0.375 e. The van der Waals surface area contributed by atoms with Crippen molar-refractivity contribution in [2.24, 2.45) is 5.73 Å². The Balaban J connectivity index is 2.33. The molecule has 0 amide bonds. The fraction of sp³-hybridized carbons (Fsp3) is 0.231. The topological polar surface area (TPSA) is 35.2 Å². The summed E-state index contributed by atoms with van der Waals surface area (Å²) >= 11 is 0. The molecule has 0 bridgehead atoms. The molecule has 0 radical (unpaired) electrons. The van der Waals surface area contributed by atoms with Crippen LogP contribution in [0.2, 0.25) is 0 Å². The molecule has 0 aromatic heterocycles. The summed E-state index contributed by atoms with van der Waals surface area (Å²) in [5, 5.41) is 2.53. The molecule has 0 saturated carbocycles. The van der Waals surface area contributed by atoms with E-state index in [1.165, 1.54) is 21.9 Å². The maximum atomic E-state index is 6.01. The van der Waals surface area contributed by atoms with Gasteiger partial charge in [-0.2, -0.15) is 0 Å². The van der Waals surface area contributed by atoms with Gasteiger partial charge in [0.15, 0.2) is 0 Å². The highest BCUT2D eigenvalue weighted by atomic mass is 16.5. The Hall–Kier alpha value is -1.38. The zero-order chi connectivity index (χ0) is 10.3. The Kier molecular flexibility index (Phi) is 1.97. The molecule has 76 valence electrons. The maximum Gasteiger partial charge on any atom is 0.0727 e. The van der Waals surface area contributed by atoms with Gasteiger partial charge in [-0.25, -0.2) is 0 Å². The number of hydrogen-bond acceptors (Lipinski definition) is 2. The number of benzene rings is 2. The van der Waals surface area contributed by atoms with Gasteiger partial charge in [0.2, 0.25) is 0 Å². The Morgan fingerprint density at radius 3 is 2.93 bits per heavy atom. The quantitative estimate of drug-likeness (QED) is 0.707. The van der Waals surface area contributed by atoms with Gasteiger partial charge in [0.25, 0.3) is 0 Å². The first-order valence-electron chi connectivity index (χ1n) is 5.20. The van der Waals surface area contributed by atoms with Crippen LogP contribution in [0.5, 0.6) is 0 Å². The minimum absolute atomic E-state index is 0.0263. The number of rotatable bonds is 0. The lowest BCUT2D eigenvalue weighted by atomic mass is 9.94. The molecule has 3 rings (SSSR count).